The molecule has 2 aromatic rings. The molecule has 8 heteroatoms. The molecule has 0 spiro atoms. The van der Waals surface area contributed by atoms with Crippen molar-refractivity contribution >= 4 is 10.0 Å². The first-order valence-electron chi connectivity index (χ1n) is 6.11. The molecule has 0 saturated carbocycles. The van der Waals surface area contributed by atoms with Gasteiger partial charge in [-0.3, -0.25) is 0 Å². The lowest BCUT2D eigenvalue weighted by Gasteiger charge is -2.07. The Morgan fingerprint density at radius 2 is 2.10 bits per heavy atom. The lowest BCUT2D eigenvalue weighted by molar-refractivity contribution is 0.494. The molecule has 0 saturated heterocycles. The molecule has 0 aromatic carbocycles. The third-order valence-electron chi connectivity index (χ3n) is 3.14. The maximum atomic E-state index is 12.4. The highest BCUT2D eigenvalue weighted by molar-refractivity contribution is 7.89. The second kappa shape index (κ2) is 5.39. The van der Waals surface area contributed by atoms with Crippen LogP contribution in [0, 0.1) is 13.8 Å². The molecule has 20 heavy (non-hydrogen) atoms. The Balaban J connectivity index is 2.29. The first-order valence-corrected chi connectivity index (χ1v) is 7.60. The van der Waals surface area contributed by atoms with Crippen LogP contribution in [0.4, 0.5) is 0 Å². The van der Waals surface area contributed by atoms with Crippen LogP contribution in [0.15, 0.2) is 21.7 Å². The van der Waals surface area contributed by atoms with E-state index in [0.717, 1.165) is 0 Å². The summed E-state index contributed by atoms with van der Waals surface area (Å²) in [6.45, 7) is 3.54. The lowest BCUT2D eigenvalue weighted by Crippen LogP contribution is -2.26. The number of nitrogens with two attached hydrogens (primary N) is 1. The van der Waals surface area contributed by atoms with E-state index in [-0.39, 0.29) is 18.0 Å². The van der Waals surface area contributed by atoms with E-state index in [4.69, 9.17) is 10.2 Å². The third-order valence-corrected chi connectivity index (χ3v) is 4.73. The molecule has 2 rings (SSSR count). The molecular formula is C12H18N4O3S. The number of nitrogens with one attached hydrogen (secondary N) is 1. The molecule has 110 valence electrons. The van der Waals surface area contributed by atoms with E-state index in [2.05, 4.69) is 9.71 Å². The van der Waals surface area contributed by atoms with Gasteiger partial charge in [-0.1, -0.05) is 0 Å². The van der Waals surface area contributed by atoms with Crippen LogP contribution < -0.4 is 10.5 Å². The van der Waals surface area contributed by atoms with E-state index in [1.165, 1.54) is 0 Å². The Kier molecular flexibility index (Phi) is 3.98. The fourth-order valence-corrected chi connectivity index (χ4v) is 3.53. The van der Waals surface area contributed by atoms with Gasteiger partial charge in [0.2, 0.25) is 10.0 Å². The Bertz CT molecular complexity index is 715. The number of sulfonamides is 1. The van der Waals surface area contributed by atoms with Crippen molar-refractivity contribution in [1.82, 2.24) is 14.3 Å². The van der Waals surface area contributed by atoms with Crippen molar-refractivity contribution in [1.29, 1.82) is 0 Å². The quantitative estimate of drug-likeness (QED) is 0.840. The molecule has 0 aliphatic carbocycles. The topological polar surface area (TPSA) is 103 Å². The summed E-state index contributed by atoms with van der Waals surface area (Å²) in [5, 5.41) is 0. The Morgan fingerprint density at radius 1 is 1.40 bits per heavy atom. The minimum absolute atomic E-state index is 0.111. The number of imidazole rings is 1. The predicted octanol–water partition coefficient (Wildman–Crippen LogP) is 0.567. The van der Waals surface area contributed by atoms with Gasteiger partial charge in [-0.05, 0) is 13.8 Å². The second-order valence-corrected chi connectivity index (χ2v) is 6.21. The van der Waals surface area contributed by atoms with Crippen molar-refractivity contribution in [2.45, 2.75) is 31.8 Å². The van der Waals surface area contributed by atoms with Crippen molar-refractivity contribution < 1.29 is 12.8 Å². The Hall–Kier alpha value is -1.64. The summed E-state index contributed by atoms with van der Waals surface area (Å²) in [6.07, 6.45) is 3.37. The van der Waals surface area contributed by atoms with Crippen molar-refractivity contribution in [2.75, 3.05) is 0 Å². The maximum Gasteiger partial charge on any atom is 0.244 e. The van der Waals surface area contributed by atoms with E-state index >= 15 is 0 Å². The highest BCUT2D eigenvalue weighted by Crippen LogP contribution is 2.26. The van der Waals surface area contributed by atoms with Gasteiger partial charge < -0.3 is 14.7 Å². The highest BCUT2D eigenvalue weighted by Gasteiger charge is 2.26. The molecule has 0 atom stereocenters. The zero-order valence-electron chi connectivity index (χ0n) is 11.7. The number of aromatic nitrogens is 2. The molecule has 3 N–H and O–H groups in total. The van der Waals surface area contributed by atoms with E-state index in [1.54, 1.807) is 37.9 Å². The van der Waals surface area contributed by atoms with Crippen LogP contribution in [-0.4, -0.2) is 18.0 Å². The summed E-state index contributed by atoms with van der Waals surface area (Å²) in [7, 11) is -1.88. The maximum absolute atomic E-state index is 12.4. The fraction of sp³-hybridized carbons (Fsp3) is 0.417. The Labute approximate surface area is 117 Å². The lowest BCUT2D eigenvalue weighted by atomic mass is 10.2. The monoisotopic (exact) mass is 298 g/mol. The van der Waals surface area contributed by atoms with Crippen molar-refractivity contribution in [3.63, 3.8) is 0 Å². The number of furan rings is 1. The smallest absolute Gasteiger partial charge is 0.244 e. The van der Waals surface area contributed by atoms with Gasteiger partial charge in [0.1, 0.15) is 22.2 Å². The standard InChI is InChI=1S/C12H18N4O3S/c1-8-10(6-13)12(9(2)19-8)20(17,18)15-7-11-14-4-5-16(11)3/h4-5,15H,6-7,13H2,1-3H3. The van der Waals surface area contributed by atoms with Crippen LogP contribution in [0.25, 0.3) is 0 Å². The van der Waals surface area contributed by atoms with Crippen LogP contribution in [0.5, 0.6) is 0 Å². The summed E-state index contributed by atoms with van der Waals surface area (Å²) >= 11 is 0. The van der Waals surface area contributed by atoms with Gasteiger partial charge in [0.15, 0.2) is 0 Å². The predicted molar refractivity (Wildman–Crippen MR) is 73.3 cm³/mol. The zero-order chi connectivity index (χ0) is 14.9. The molecule has 0 bridgehead atoms. The highest BCUT2D eigenvalue weighted by atomic mass is 32.2. The SMILES string of the molecule is Cc1oc(C)c(S(=O)(=O)NCc2nccn2C)c1CN. The molecule has 0 amide bonds. The van der Waals surface area contributed by atoms with Gasteiger partial charge in [0, 0.05) is 31.5 Å². The number of aryl methyl sites for hydroxylation is 3. The van der Waals surface area contributed by atoms with Crippen LogP contribution in [-0.2, 0) is 30.2 Å². The minimum atomic E-state index is -3.68. The largest absolute Gasteiger partial charge is 0.465 e. The molecular weight excluding hydrogens is 280 g/mol. The van der Waals surface area contributed by atoms with Gasteiger partial charge in [-0.2, -0.15) is 0 Å². The normalized spacial score (nSPS) is 12.0. The first-order chi connectivity index (χ1) is 9.36. The number of hydrogen-bond acceptors (Lipinski definition) is 5. The minimum Gasteiger partial charge on any atom is -0.465 e. The van der Waals surface area contributed by atoms with E-state index in [9.17, 15) is 8.42 Å². The van der Waals surface area contributed by atoms with Gasteiger partial charge in [0.25, 0.3) is 0 Å². The first kappa shape index (κ1) is 14.8. The average Bonchev–Trinajstić information content (AvgIpc) is 2.90. The fourth-order valence-electron chi connectivity index (χ4n) is 2.10. The van der Waals surface area contributed by atoms with E-state index in [1.807, 2.05) is 0 Å². The molecule has 0 aliphatic rings. The summed E-state index contributed by atoms with van der Waals surface area (Å²) in [5.41, 5.74) is 6.12. The van der Waals surface area contributed by atoms with Crippen molar-refractivity contribution in [3.8, 4) is 0 Å². The van der Waals surface area contributed by atoms with Gasteiger partial charge in [0.05, 0.1) is 6.54 Å². The summed E-state index contributed by atoms with van der Waals surface area (Å²) in [5.74, 6) is 1.50. The van der Waals surface area contributed by atoms with Gasteiger partial charge in [-0.25, -0.2) is 18.1 Å². The van der Waals surface area contributed by atoms with E-state index < -0.39 is 10.0 Å². The second-order valence-electron chi connectivity index (χ2n) is 4.51. The van der Waals surface area contributed by atoms with Crippen molar-refractivity contribution in [3.05, 3.63) is 35.3 Å². The summed E-state index contributed by atoms with van der Waals surface area (Å²) < 4.78 is 34.4. The summed E-state index contributed by atoms with van der Waals surface area (Å²) in [4.78, 5) is 4.20. The third kappa shape index (κ3) is 2.62. The molecule has 2 aromatic heterocycles. The van der Waals surface area contributed by atoms with Crippen LogP contribution in [0.1, 0.15) is 22.9 Å². The average molecular weight is 298 g/mol. The number of hydrogen-bond donors (Lipinski definition) is 2. The molecule has 7 nitrogen and oxygen atoms in total. The molecule has 0 radical (unpaired) electrons. The molecule has 0 unspecified atom stereocenters. The number of nitrogens with zero attached hydrogens (tertiary/aromatic N) is 2. The van der Waals surface area contributed by atoms with Crippen LogP contribution >= 0.6 is 0 Å². The number of rotatable bonds is 5. The van der Waals surface area contributed by atoms with Crippen molar-refractivity contribution in [2.24, 2.45) is 12.8 Å². The Morgan fingerprint density at radius 3 is 2.65 bits per heavy atom. The summed E-state index contributed by atoms with van der Waals surface area (Å²) in [6, 6.07) is 0. The zero-order valence-corrected chi connectivity index (χ0v) is 12.5. The molecule has 0 fully saturated rings. The van der Waals surface area contributed by atoms with Gasteiger partial charge >= 0.3 is 0 Å². The molecule has 2 heterocycles. The molecule has 0 aliphatic heterocycles. The van der Waals surface area contributed by atoms with Crippen LogP contribution in [0.2, 0.25) is 0 Å². The van der Waals surface area contributed by atoms with E-state index in [0.29, 0.717) is 22.9 Å². The van der Waals surface area contributed by atoms with Gasteiger partial charge in [-0.15, -0.1) is 0 Å². The van der Waals surface area contributed by atoms with Crippen LogP contribution in [0.3, 0.4) is 0 Å².